The Balaban J connectivity index is 1.53. The highest BCUT2D eigenvalue weighted by Crippen LogP contribution is 2.25. The fourth-order valence-electron chi connectivity index (χ4n) is 3.03. The average Bonchev–Trinajstić information content (AvgIpc) is 2.83. The fourth-order valence-corrected chi connectivity index (χ4v) is 3.23. The lowest BCUT2D eigenvalue weighted by atomic mass is 10.1. The van der Waals surface area contributed by atoms with Crippen LogP contribution in [0.25, 0.3) is 0 Å². The van der Waals surface area contributed by atoms with Gasteiger partial charge < -0.3 is 5.32 Å². The molecule has 0 fully saturated rings. The highest BCUT2D eigenvalue weighted by molar-refractivity contribution is 6.30. The topological polar surface area (TPSA) is 12.0 Å². The first-order chi connectivity index (χ1) is 9.72. The summed E-state index contributed by atoms with van der Waals surface area (Å²) in [5.74, 6) is 0. The number of hydrogen-bond donors (Lipinski definition) is 1. The molecule has 0 saturated carbocycles. The van der Waals surface area contributed by atoms with Gasteiger partial charge >= 0.3 is 0 Å². The molecular weight excluding hydrogens is 266 g/mol. The Bertz CT molecular complexity index is 606. The number of hydrogen-bond acceptors (Lipinski definition) is 1. The van der Waals surface area contributed by atoms with Crippen LogP contribution in [0, 0.1) is 6.92 Å². The van der Waals surface area contributed by atoms with Gasteiger partial charge in [0, 0.05) is 11.1 Å². The highest BCUT2D eigenvalue weighted by Gasteiger charge is 2.20. The number of halogens is 1. The molecule has 0 radical (unpaired) electrons. The molecule has 0 bridgehead atoms. The Morgan fingerprint density at radius 1 is 1.10 bits per heavy atom. The smallest absolute Gasteiger partial charge is 0.0408 e. The SMILES string of the molecule is Cc1ccccc1CCNC1Cc2ccc(Cl)cc2C1. The first kappa shape index (κ1) is 13.7. The van der Waals surface area contributed by atoms with E-state index in [0.29, 0.717) is 6.04 Å². The van der Waals surface area contributed by atoms with E-state index in [2.05, 4.69) is 48.6 Å². The van der Waals surface area contributed by atoms with Crippen molar-refractivity contribution in [2.75, 3.05) is 6.54 Å². The lowest BCUT2D eigenvalue weighted by Gasteiger charge is -2.12. The van der Waals surface area contributed by atoms with Crippen molar-refractivity contribution < 1.29 is 0 Å². The van der Waals surface area contributed by atoms with Gasteiger partial charge in [0.2, 0.25) is 0 Å². The molecule has 1 nitrogen and oxygen atoms in total. The summed E-state index contributed by atoms with van der Waals surface area (Å²) >= 11 is 6.05. The minimum absolute atomic E-state index is 0.562. The van der Waals surface area contributed by atoms with Gasteiger partial charge in [-0.1, -0.05) is 41.9 Å². The summed E-state index contributed by atoms with van der Waals surface area (Å²) in [4.78, 5) is 0. The maximum absolute atomic E-state index is 6.05. The van der Waals surface area contributed by atoms with Gasteiger partial charge in [0.15, 0.2) is 0 Å². The maximum Gasteiger partial charge on any atom is 0.0408 e. The highest BCUT2D eigenvalue weighted by atomic mass is 35.5. The Morgan fingerprint density at radius 3 is 2.75 bits per heavy atom. The molecule has 104 valence electrons. The lowest BCUT2D eigenvalue weighted by molar-refractivity contribution is 0.536. The largest absolute Gasteiger partial charge is 0.313 e. The van der Waals surface area contributed by atoms with Crippen molar-refractivity contribution in [2.24, 2.45) is 0 Å². The molecule has 3 rings (SSSR count). The van der Waals surface area contributed by atoms with Gasteiger partial charge in [0.05, 0.1) is 0 Å². The van der Waals surface area contributed by atoms with Crippen molar-refractivity contribution in [3.05, 3.63) is 69.7 Å². The Morgan fingerprint density at radius 2 is 1.90 bits per heavy atom. The maximum atomic E-state index is 6.05. The van der Waals surface area contributed by atoms with Crippen molar-refractivity contribution in [1.82, 2.24) is 5.32 Å². The number of benzene rings is 2. The summed E-state index contributed by atoms with van der Waals surface area (Å²) in [6.07, 6.45) is 3.32. The second-order valence-corrected chi connectivity index (χ2v) is 6.09. The summed E-state index contributed by atoms with van der Waals surface area (Å²) in [6, 6.07) is 15.5. The van der Waals surface area contributed by atoms with Crippen LogP contribution < -0.4 is 5.32 Å². The molecule has 2 aromatic carbocycles. The predicted molar refractivity (Wildman–Crippen MR) is 85.5 cm³/mol. The Labute approximate surface area is 126 Å². The molecule has 1 atom stereocenters. The van der Waals surface area contributed by atoms with Crippen LogP contribution in [0.2, 0.25) is 5.02 Å². The van der Waals surface area contributed by atoms with Crippen LogP contribution in [0.4, 0.5) is 0 Å². The quantitative estimate of drug-likeness (QED) is 0.897. The predicted octanol–water partition coefficient (Wildman–Crippen LogP) is 3.95. The second-order valence-electron chi connectivity index (χ2n) is 5.65. The molecule has 20 heavy (non-hydrogen) atoms. The molecule has 0 aliphatic heterocycles. The van der Waals surface area contributed by atoms with Crippen LogP contribution in [0.15, 0.2) is 42.5 Å². The Kier molecular flexibility index (Phi) is 4.09. The summed E-state index contributed by atoms with van der Waals surface area (Å²) in [7, 11) is 0. The van der Waals surface area contributed by atoms with Crippen LogP contribution in [0.3, 0.4) is 0 Å². The molecular formula is C18H20ClN. The third-order valence-corrected chi connectivity index (χ3v) is 4.42. The van der Waals surface area contributed by atoms with Crippen molar-refractivity contribution in [2.45, 2.75) is 32.2 Å². The second kappa shape index (κ2) is 5.99. The third kappa shape index (κ3) is 3.05. The van der Waals surface area contributed by atoms with Crippen LogP contribution in [-0.2, 0) is 19.3 Å². The summed E-state index contributed by atoms with van der Waals surface area (Å²) in [5.41, 5.74) is 5.68. The lowest BCUT2D eigenvalue weighted by Crippen LogP contribution is -2.31. The van der Waals surface area contributed by atoms with Crippen LogP contribution >= 0.6 is 11.6 Å². The van der Waals surface area contributed by atoms with Gasteiger partial charge in [0.1, 0.15) is 0 Å². The molecule has 1 unspecified atom stereocenters. The van der Waals surface area contributed by atoms with Crippen molar-refractivity contribution in [3.8, 4) is 0 Å². The van der Waals surface area contributed by atoms with Crippen LogP contribution in [0.1, 0.15) is 22.3 Å². The molecule has 2 heteroatoms. The zero-order chi connectivity index (χ0) is 13.9. The van der Waals surface area contributed by atoms with Gasteiger partial charge in [0.25, 0.3) is 0 Å². The van der Waals surface area contributed by atoms with Gasteiger partial charge in [-0.25, -0.2) is 0 Å². The van der Waals surface area contributed by atoms with Crippen LogP contribution in [0.5, 0.6) is 0 Å². The van der Waals surface area contributed by atoms with E-state index in [4.69, 9.17) is 11.6 Å². The van der Waals surface area contributed by atoms with Gasteiger partial charge in [-0.15, -0.1) is 0 Å². The molecule has 0 spiro atoms. The van der Waals surface area contributed by atoms with E-state index in [9.17, 15) is 0 Å². The minimum Gasteiger partial charge on any atom is -0.313 e. The van der Waals surface area contributed by atoms with E-state index in [0.717, 1.165) is 30.8 Å². The minimum atomic E-state index is 0.562. The monoisotopic (exact) mass is 285 g/mol. The van der Waals surface area contributed by atoms with Crippen molar-refractivity contribution in [3.63, 3.8) is 0 Å². The molecule has 2 aromatic rings. The van der Waals surface area contributed by atoms with E-state index in [1.54, 1.807) is 0 Å². The Hall–Kier alpha value is -1.31. The van der Waals surface area contributed by atoms with Crippen LogP contribution in [-0.4, -0.2) is 12.6 Å². The van der Waals surface area contributed by atoms with Gasteiger partial charge in [-0.05, 0) is 67.1 Å². The van der Waals surface area contributed by atoms with Gasteiger partial charge in [-0.3, -0.25) is 0 Å². The molecule has 1 aliphatic carbocycles. The average molecular weight is 286 g/mol. The van der Waals surface area contributed by atoms with E-state index in [-0.39, 0.29) is 0 Å². The third-order valence-electron chi connectivity index (χ3n) is 4.19. The molecule has 1 N–H and O–H groups in total. The van der Waals surface area contributed by atoms with Crippen molar-refractivity contribution in [1.29, 1.82) is 0 Å². The molecule has 0 heterocycles. The van der Waals surface area contributed by atoms with E-state index < -0.39 is 0 Å². The molecule has 1 aliphatic rings. The summed E-state index contributed by atoms with van der Waals surface area (Å²) in [6.45, 7) is 3.22. The normalized spacial score (nSPS) is 17.2. The van der Waals surface area contributed by atoms with Crippen molar-refractivity contribution >= 4 is 11.6 Å². The first-order valence-electron chi connectivity index (χ1n) is 7.27. The van der Waals surface area contributed by atoms with E-state index in [1.807, 2.05) is 6.07 Å². The molecule has 0 saturated heterocycles. The molecule has 0 amide bonds. The van der Waals surface area contributed by atoms with E-state index >= 15 is 0 Å². The fraction of sp³-hybridized carbons (Fsp3) is 0.333. The number of nitrogens with one attached hydrogen (secondary N) is 1. The number of rotatable bonds is 4. The summed E-state index contributed by atoms with van der Waals surface area (Å²) in [5, 5.41) is 4.53. The number of aryl methyl sites for hydroxylation is 1. The zero-order valence-corrected chi connectivity index (χ0v) is 12.6. The first-order valence-corrected chi connectivity index (χ1v) is 7.65. The molecule has 0 aromatic heterocycles. The standard InChI is InChI=1S/C18H20ClN/c1-13-4-2-3-5-14(13)8-9-20-18-11-15-6-7-17(19)10-16(15)12-18/h2-7,10,18,20H,8-9,11-12H2,1H3. The number of fused-ring (bicyclic) bond motifs is 1. The van der Waals surface area contributed by atoms with E-state index in [1.165, 1.54) is 22.3 Å². The van der Waals surface area contributed by atoms with Gasteiger partial charge in [-0.2, -0.15) is 0 Å². The zero-order valence-electron chi connectivity index (χ0n) is 11.8. The summed E-state index contributed by atoms with van der Waals surface area (Å²) < 4.78 is 0.